The van der Waals surface area contributed by atoms with E-state index in [1.165, 1.54) is 31.2 Å². The van der Waals surface area contributed by atoms with Crippen molar-refractivity contribution in [1.29, 1.82) is 0 Å². The fraction of sp³-hybridized carbons (Fsp3) is 0.240. The summed E-state index contributed by atoms with van der Waals surface area (Å²) in [6, 6.07) is 18.7. The molecule has 4 nitrogen and oxygen atoms in total. The highest BCUT2D eigenvalue weighted by Crippen LogP contribution is 2.32. The molecule has 5 heteroatoms. The van der Waals surface area contributed by atoms with Gasteiger partial charge in [0.2, 0.25) is 0 Å². The maximum absolute atomic E-state index is 12.0. The van der Waals surface area contributed by atoms with Gasteiger partial charge >= 0.3 is 0 Å². The lowest BCUT2D eigenvalue weighted by molar-refractivity contribution is -0.115. The highest BCUT2D eigenvalue weighted by molar-refractivity contribution is 8.18. The number of thioether (sulfide) groups is 1. The molecule has 1 N–H and O–H groups in total. The van der Waals surface area contributed by atoms with Crippen molar-refractivity contribution in [3.05, 3.63) is 70.8 Å². The van der Waals surface area contributed by atoms with Gasteiger partial charge in [0.25, 0.3) is 11.1 Å². The first-order valence-electron chi connectivity index (χ1n) is 10.4. The van der Waals surface area contributed by atoms with E-state index >= 15 is 0 Å². The van der Waals surface area contributed by atoms with Crippen LogP contribution in [0.5, 0.6) is 0 Å². The number of benzene rings is 2. The van der Waals surface area contributed by atoms with Gasteiger partial charge in [0.05, 0.1) is 16.1 Å². The number of rotatable bonds is 7. The predicted octanol–water partition coefficient (Wildman–Crippen LogP) is 6.35. The molecule has 2 heterocycles. The molecule has 0 radical (unpaired) electrons. The Labute approximate surface area is 180 Å². The fourth-order valence-electron chi connectivity index (χ4n) is 3.69. The van der Waals surface area contributed by atoms with Crippen molar-refractivity contribution in [3.8, 4) is 11.1 Å². The number of nitrogens with zero attached hydrogens (tertiary/aromatic N) is 1. The van der Waals surface area contributed by atoms with E-state index in [-0.39, 0.29) is 11.1 Å². The number of aryl methyl sites for hydroxylation is 1. The lowest BCUT2D eigenvalue weighted by Gasteiger charge is -2.11. The Kier molecular flexibility index (Phi) is 6.29. The molecule has 1 aromatic heterocycles. The van der Waals surface area contributed by atoms with E-state index in [1.54, 1.807) is 6.08 Å². The molecule has 0 unspecified atom stereocenters. The van der Waals surface area contributed by atoms with Gasteiger partial charge < -0.3 is 0 Å². The molecule has 4 rings (SSSR count). The summed E-state index contributed by atoms with van der Waals surface area (Å²) in [5.74, 6) is -0.365. The Morgan fingerprint density at radius 2 is 1.83 bits per heavy atom. The van der Waals surface area contributed by atoms with E-state index in [9.17, 15) is 9.59 Å². The summed E-state index contributed by atoms with van der Waals surface area (Å²) in [5.41, 5.74) is 5.06. The molecule has 3 aromatic rings. The van der Waals surface area contributed by atoms with Crippen LogP contribution in [0.2, 0.25) is 0 Å². The lowest BCUT2D eigenvalue weighted by Crippen LogP contribution is -2.17. The Morgan fingerprint density at radius 3 is 2.57 bits per heavy atom. The number of fused-ring (bicyclic) bond motifs is 1. The van der Waals surface area contributed by atoms with Gasteiger partial charge in [0.1, 0.15) is 0 Å². The third-order valence-electron chi connectivity index (χ3n) is 5.22. The van der Waals surface area contributed by atoms with E-state index in [0.29, 0.717) is 10.6 Å². The van der Waals surface area contributed by atoms with E-state index in [1.807, 2.05) is 24.3 Å². The second kappa shape index (κ2) is 9.26. The zero-order valence-electron chi connectivity index (χ0n) is 17.0. The number of pyridine rings is 1. The molecule has 0 saturated carbocycles. The van der Waals surface area contributed by atoms with Crippen molar-refractivity contribution in [2.75, 3.05) is 0 Å². The van der Waals surface area contributed by atoms with Crippen molar-refractivity contribution < 1.29 is 9.59 Å². The highest BCUT2D eigenvalue weighted by atomic mass is 32.2. The minimum atomic E-state index is -0.365. The first-order valence-corrected chi connectivity index (χ1v) is 11.2. The molecular formula is C25H24N2O2S. The van der Waals surface area contributed by atoms with Crippen LogP contribution in [0, 0.1) is 0 Å². The first kappa shape index (κ1) is 20.4. The zero-order valence-corrected chi connectivity index (χ0v) is 17.8. The fourth-order valence-corrected chi connectivity index (χ4v) is 4.36. The molecule has 1 fully saturated rings. The van der Waals surface area contributed by atoms with E-state index in [2.05, 4.69) is 42.6 Å². The van der Waals surface area contributed by atoms with Crippen LogP contribution in [0.3, 0.4) is 0 Å². The lowest BCUT2D eigenvalue weighted by atomic mass is 9.97. The van der Waals surface area contributed by atoms with E-state index in [0.717, 1.165) is 40.2 Å². The summed E-state index contributed by atoms with van der Waals surface area (Å²) in [5, 5.41) is 3.06. The summed E-state index contributed by atoms with van der Waals surface area (Å²) in [6.07, 6.45) is 7.71. The molecule has 2 amide bonds. The van der Waals surface area contributed by atoms with Gasteiger partial charge in [-0.25, -0.2) is 4.98 Å². The number of hydrogen-bond donors (Lipinski definition) is 1. The quantitative estimate of drug-likeness (QED) is 0.360. The summed E-state index contributed by atoms with van der Waals surface area (Å²) in [4.78, 5) is 28.6. The number of nitrogens with one attached hydrogen (secondary N) is 1. The van der Waals surface area contributed by atoms with Crippen molar-refractivity contribution in [2.45, 2.75) is 39.0 Å². The minimum Gasteiger partial charge on any atom is -0.282 e. The van der Waals surface area contributed by atoms with E-state index in [4.69, 9.17) is 4.98 Å². The van der Waals surface area contributed by atoms with Crippen LogP contribution in [0.1, 0.15) is 43.9 Å². The first-order chi connectivity index (χ1) is 14.6. The average Bonchev–Trinajstić information content (AvgIpc) is 3.08. The van der Waals surface area contributed by atoms with Crippen LogP contribution in [-0.2, 0) is 11.2 Å². The highest BCUT2D eigenvalue weighted by Gasteiger charge is 2.25. The molecule has 0 spiro atoms. The van der Waals surface area contributed by atoms with Crippen LogP contribution >= 0.6 is 11.8 Å². The summed E-state index contributed by atoms with van der Waals surface area (Å²) < 4.78 is 0. The SMILES string of the molecule is CCCCCCc1ccc2nc(/C=C3/SC(=O)NC3=O)cc(-c3ccccc3)c2c1. The number of unbranched alkanes of at least 4 members (excludes halogenated alkanes) is 3. The molecule has 2 aromatic carbocycles. The average molecular weight is 417 g/mol. The van der Waals surface area contributed by atoms with Crippen molar-refractivity contribution in [1.82, 2.24) is 10.3 Å². The van der Waals surface area contributed by atoms with Gasteiger partial charge in [-0.1, -0.05) is 62.6 Å². The minimum absolute atomic E-state index is 0.344. The maximum atomic E-state index is 12.0. The smallest absolute Gasteiger partial charge is 0.282 e. The van der Waals surface area contributed by atoms with Gasteiger partial charge in [-0.05, 0) is 65.6 Å². The Morgan fingerprint density at radius 1 is 1.00 bits per heavy atom. The van der Waals surface area contributed by atoms with Gasteiger partial charge in [-0.3, -0.25) is 14.9 Å². The monoisotopic (exact) mass is 416 g/mol. The molecule has 1 aliphatic rings. The predicted molar refractivity (Wildman–Crippen MR) is 124 cm³/mol. The standard InChI is InChI=1S/C25H24N2O2S/c1-2-3-4-6-9-17-12-13-22-21(14-17)20(18-10-7-5-8-11-18)15-19(26-22)16-23-24(28)27-25(29)30-23/h5,7-8,10-16H,2-4,6,9H2,1H3,(H,27,28,29)/b23-16+. The third-order valence-corrected chi connectivity index (χ3v) is 6.03. The van der Waals surface area contributed by atoms with Gasteiger partial charge in [-0.2, -0.15) is 0 Å². The van der Waals surface area contributed by atoms with Crippen LogP contribution in [-0.4, -0.2) is 16.1 Å². The number of imide groups is 1. The number of amides is 2. The van der Waals surface area contributed by atoms with Crippen LogP contribution < -0.4 is 5.32 Å². The molecule has 1 saturated heterocycles. The third kappa shape index (κ3) is 4.62. The van der Waals surface area contributed by atoms with Gasteiger partial charge in [0, 0.05) is 5.39 Å². The second-order valence-corrected chi connectivity index (χ2v) is 8.49. The maximum Gasteiger partial charge on any atom is 0.290 e. The number of aromatic nitrogens is 1. The second-order valence-electron chi connectivity index (χ2n) is 7.48. The summed E-state index contributed by atoms with van der Waals surface area (Å²) in [7, 11) is 0. The molecular weight excluding hydrogens is 392 g/mol. The Bertz CT molecular complexity index is 1120. The zero-order chi connectivity index (χ0) is 20.9. The molecule has 0 bridgehead atoms. The Balaban J connectivity index is 1.76. The molecule has 1 aliphatic heterocycles. The largest absolute Gasteiger partial charge is 0.290 e. The topological polar surface area (TPSA) is 59.1 Å². The summed E-state index contributed by atoms with van der Waals surface area (Å²) >= 11 is 0.913. The van der Waals surface area contributed by atoms with Crippen molar-refractivity contribution in [2.24, 2.45) is 0 Å². The Hall–Kier alpha value is -2.92. The molecule has 0 aliphatic carbocycles. The normalized spacial score (nSPS) is 15.2. The molecule has 30 heavy (non-hydrogen) atoms. The van der Waals surface area contributed by atoms with Crippen molar-refractivity contribution in [3.63, 3.8) is 0 Å². The van der Waals surface area contributed by atoms with Crippen LogP contribution in [0.25, 0.3) is 28.1 Å². The van der Waals surface area contributed by atoms with Crippen LogP contribution in [0.4, 0.5) is 4.79 Å². The molecule has 0 atom stereocenters. The van der Waals surface area contributed by atoms with E-state index < -0.39 is 0 Å². The summed E-state index contributed by atoms with van der Waals surface area (Å²) in [6.45, 7) is 2.23. The van der Waals surface area contributed by atoms with Gasteiger partial charge in [0.15, 0.2) is 0 Å². The molecule has 152 valence electrons. The number of hydrogen-bond acceptors (Lipinski definition) is 4. The van der Waals surface area contributed by atoms with Crippen LogP contribution in [0.15, 0.2) is 59.5 Å². The number of carbonyl (C=O) groups excluding carboxylic acids is 2. The number of carbonyl (C=O) groups is 2. The van der Waals surface area contributed by atoms with Crippen molar-refractivity contribution >= 4 is 39.9 Å². The van der Waals surface area contributed by atoms with Gasteiger partial charge in [-0.15, -0.1) is 0 Å².